The fourth-order valence-corrected chi connectivity index (χ4v) is 2.09. The van der Waals surface area contributed by atoms with Crippen LogP contribution in [0.2, 0.25) is 0 Å². The van der Waals surface area contributed by atoms with E-state index < -0.39 is 0 Å². The first-order valence-electron chi connectivity index (χ1n) is 6.18. The maximum absolute atomic E-state index is 9.50. The van der Waals surface area contributed by atoms with Crippen LogP contribution in [0, 0.1) is 12.8 Å². The topological polar surface area (TPSA) is 20.2 Å². The van der Waals surface area contributed by atoms with Crippen LogP contribution in [0.1, 0.15) is 56.2 Å². The summed E-state index contributed by atoms with van der Waals surface area (Å²) in [5, 5.41) is 9.50. The fourth-order valence-electron chi connectivity index (χ4n) is 2.09. The van der Waals surface area contributed by atoms with Crippen LogP contribution in [0.4, 0.5) is 0 Å². The molecule has 1 atom stereocenters. The standard InChI is InChI=1S/C15H24O/c1-10(2)13-7-6-12(5)14(8-13)15(9-16)11(3)4/h6-8,10-11,15-16H,9H2,1-5H3. The predicted octanol–water partition coefficient (Wildman–Crippen LogP) is 3.85. The molecule has 1 nitrogen and oxygen atoms in total. The highest BCUT2D eigenvalue weighted by Crippen LogP contribution is 2.29. The van der Waals surface area contributed by atoms with Gasteiger partial charge < -0.3 is 5.11 Å². The Balaban J connectivity index is 3.14. The van der Waals surface area contributed by atoms with Crippen molar-refractivity contribution in [3.63, 3.8) is 0 Å². The van der Waals surface area contributed by atoms with Gasteiger partial charge in [-0.1, -0.05) is 45.9 Å². The fraction of sp³-hybridized carbons (Fsp3) is 0.600. The van der Waals surface area contributed by atoms with E-state index in [0.717, 1.165) is 0 Å². The normalized spacial score (nSPS) is 13.5. The highest BCUT2D eigenvalue weighted by molar-refractivity contribution is 5.35. The zero-order chi connectivity index (χ0) is 12.3. The molecule has 1 unspecified atom stereocenters. The second kappa shape index (κ2) is 5.49. The number of benzene rings is 1. The van der Waals surface area contributed by atoms with Crippen LogP contribution < -0.4 is 0 Å². The Morgan fingerprint density at radius 1 is 1.12 bits per heavy atom. The van der Waals surface area contributed by atoms with Gasteiger partial charge in [0.25, 0.3) is 0 Å². The van der Waals surface area contributed by atoms with E-state index in [-0.39, 0.29) is 12.5 Å². The Labute approximate surface area is 99.5 Å². The van der Waals surface area contributed by atoms with Crippen molar-refractivity contribution in [1.82, 2.24) is 0 Å². The van der Waals surface area contributed by atoms with Crippen molar-refractivity contribution in [1.29, 1.82) is 0 Å². The summed E-state index contributed by atoms with van der Waals surface area (Å²) in [5.41, 5.74) is 3.96. The van der Waals surface area contributed by atoms with Crippen LogP contribution in [-0.2, 0) is 0 Å². The highest BCUT2D eigenvalue weighted by atomic mass is 16.3. The third kappa shape index (κ3) is 2.85. The SMILES string of the molecule is Cc1ccc(C(C)C)cc1C(CO)C(C)C. The van der Waals surface area contributed by atoms with Crippen LogP contribution in [0.5, 0.6) is 0 Å². The van der Waals surface area contributed by atoms with E-state index >= 15 is 0 Å². The van der Waals surface area contributed by atoms with Crippen LogP contribution in [0.15, 0.2) is 18.2 Å². The van der Waals surface area contributed by atoms with E-state index in [2.05, 4.69) is 52.8 Å². The van der Waals surface area contributed by atoms with Crippen molar-refractivity contribution in [2.75, 3.05) is 6.61 Å². The minimum absolute atomic E-state index is 0.236. The zero-order valence-electron chi connectivity index (χ0n) is 11.1. The molecule has 0 saturated carbocycles. The molecule has 0 aliphatic rings. The summed E-state index contributed by atoms with van der Waals surface area (Å²) in [6.45, 7) is 11.1. The molecule has 16 heavy (non-hydrogen) atoms. The van der Waals surface area contributed by atoms with Gasteiger partial charge in [-0.15, -0.1) is 0 Å². The number of aryl methyl sites for hydroxylation is 1. The first kappa shape index (κ1) is 13.2. The number of aliphatic hydroxyl groups is 1. The number of rotatable bonds is 4. The molecule has 0 radical (unpaired) electrons. The molecule has 90 valence electrons. The van der Waals surface area contributed by atoms with Crippen molar-refractivity contribution in [3.8, 4) is 0 Å². The van der Waals surface area contributed by atoms with Crippen LogP contribution in [-0.4, -0.2) is 11.7 Å². The largest absolute Gasteiger partial charge is 0.396 e. The Morgan fingerprint density at radius 2 is 1.75 bits per heavy atom. The second-order valence-electron chi connectivity index (χ2n) is 5.30. The first-order valence-corrected chi connectivity index (χ1v) is 6.18. The van der Waals surface area contributed by atoms with Gasteiger partial charge in [-0.3, -0.25) is 0 Å². The van der Waals surface area contributed by atoms with Gasteiger partial charge in [0.15, 0.2) is 0 Å². The Kier molecular flexibility index (Phi) is 4.55. The summed E-state index contributed by atoms with van der Waals surface area (Å²) in [5.74, 6) is 1.29. The van der Waals surface area contributed by atoms with Gasteiger partial charge in [-0.25, -0.2) is 0 Å². The average molecular weight is 220 g/mol. The molecule has 0 aliphatic heterocycles. The van der Waals surface area contributed by atoms with Gasteiger partial charge in [0.2, 0.25) is 0 Å². The van der Waals surface area contributed by atoms with Crippen molar-refractivity contribution in [2.45, 2.75) is 46.5 Å². The van der Waals surface area contributed by atoms with Gasteiger partial charge in [-0.05, 0) is 35.4 Å². The van der Waals surface area contributed by atoms with Crippen molar-refractivity contribution in [2.24, 2.45) is 5.92 Å². The van der Waals surface area contributed by atoms with E-state index in [1.165, 1.54) is 16.7 Å². The molecule has 1 aromatic carbocycles. The van der Waals surface area contributed by atoms with Gasteiger partial charge in [0, 0.05) is 5.92 Å². The monoisotopic (exact) mass is 220 g/mol. The van der Waals surface area contributed by atoms with E-state index in [1.807, 2.05) is 0 Å². The lowest BCUT2D eigenvalue weighted by Gasteiger charge is -2.22. The Morgan fingerprint density at radius 3 is 2.19 bits per heavy atom. The molecule has 0 amide bonds. The van der Waals surface area contributed by atoms with E-state index in [9.17, 15) is 5.11 Å². The van der Waals surface area contributed by atoms with Gasteiger partial charge in [0.05, 0.1) is 6.61 Å². The quantitative estimate of drug-likeness (QED) is 0.817. The van der Waals surface area contributed by atoms with Crippen LogP contribution in [0.3, 0.4) is 0 Å². The van der Waals surface area contributed by atoms with E-state index in [1.54, 1.807) is 0 Å². The number of hydrogen-bond acceptors (Lipinski definition) is 1. The lowest BCUT2D eigenvalue weighted by atomic mass is 9.84. The van der Waals surface area contributed by atoms with Crippen molar-refractivity contribution < 1.29 is 5.11 Å². The molecule has 1 N–H and O–H groups in total. The number of aliphatic hydroxyl groups excluding tert-OH is 1. The first-order chi connectivity index (χ1) is 7.47. The summed E-state index contributed by atoms with van der Waals surface area (Å²) >= 11 is 0. The van der Waals surface area contributed by atoms with Crippen LogP contribution >= 0.6 is 0 Å². The summed E-state index contributed by atoms with van der Waals surface area (Å²) in [4.78, 5) is 0. The van der Waals surface area contributed by atoms with E-state index in [4.69, 9.17) is 0 Å². The Bertz CT molecular complexity index is 339. The molecular formula is C15H24O. The molecule has 0 saturated heterocycles. The molecular weight excluding hydrogens is 196 g/mol. The maximum atomic E-state index is 9.50. The lowest BCUT2D eigenvalue weighted by molar-refractivity contribution is 0.237. The molecule has 0 heterocycles. The highest BCUT2D eigenvalue weighted by Gasteiger charge is 2.17. The number of hydrogen-bond donors (Lipinski definition) is 1. The Hall–Kier alpha value is -0.820. The summed E-state index contributed by atoms with van der Waals surface area (Å²) in [6.07, 6.45) is 0. The summed E-state index contributed by atoms with van der Waals surface area (Å²) < 4.78 is 0. The van der Waals surface area contributed by atoms with Gasteiger partial charge in [-0.2, -0.15) is 0 Å². The van der Waals surface area contributed by atoms with Crippen molar-refractivity contribution >= 4 is 0 Å². The second-order valence-corrected chi connectivity index (χ2v) is 5.30. The third-order valence-electron chi connectivity index (χ3n) is 3.37. The summed E-state index contributed by atoms with van der Waals surface area (Å²) in [6, 6.07) is 6.63. The van der Waals surface area contributed by atoms with Gasteiger partial charge >= 0.3 is 0 Å². The van der Waals surface area contributed by atoms with Crippen molar-refractivity contribution in [3.05, 3.63) is 34.9 Å². The minimum atomic E-state index is 0.236. The predicted molar refractivity (Wildman–Crippen MR) is 69.9 cm³/mol. The van der Waals surface area contributed by atoms with Gasteiger partial charge in [0.1, 0.15) is 0 Å². The van der Waals surface area contributed by atoms with Crippen LogP contribution in [0.25, 0.3) is 0 Å². The minimum Gasteiger partial charge on any atom is -0.396 e. The molecule has 0 bridgehead atoms. The van der Waals surface area contributed by atoms with E-state index in [0.29, 0.717) is 11.8 Å². The molecule has 1 aromatic rings. The third-order valence-corrected chi connectivity index (χ3v) is 3.37. The lowest BCUT2D eigenvalue weighted by Crippen LogP contribution is -2.13. The molecule has 0 aliphatic carbocycles. The summed E-state index contributed by atoms with van der Waals surface area (Å²) in [7, 11) is 0. The zero-order valence-corrected chi connectivity index (χ0v) is 11.1. The molecule has 0 aromatic heterocycles. The average Bonchev–Trinajstić information content (AvgIpc) is 2.20. The molecule has 1 heteroatoms. The smallest absolute Gasteiger partial charge is 0.0502 e. The molecule has 0 fully saturated rings. The molecule has 1 rings (SSSR count). The maximum Gasteiger partial charge on any atom is 0.0502 e. The molecule has 0 spiro atoms.